The number of carboxylic acids is 2. The van der Waals surface area contributed by atoms with Crippen molar-refractivity contribution in [3.8, 4) is 5.75 Å². The molecule has 0 spiro atoms. The number of aryl methyl sites for hydroxylation is 1. The highest BCUT2D eigenvalue weighted by Crippen LogP contribution is 2.25. The van der Waals surface area contributed by atoms with Crippen LogP contribution in [0.25, 0.3) is 0 Å². The lowest BCUT2D eigenvalue weighted by Gasteiger charge is -2.33. The molecule has 140 valence electrons. The Morgan fingerprint density at radius 1 is 1.12 bits per heavy atom. The van der Waals surface area contributed by atoms with E-state index in [0.717, 1.165) is 36.5 Å². The van der Waals surface area contributed by atoms with Crippen LogP contribution in [0.15, 0.2) is 22.7 Å². The highest BCUT2D eigenvalue weighted by molar-refractivity contribution is 9.10. The fourth-order valence-corrected chi connectivity index (χ4v) is 2.94. The van der Waals surface area contributed by atoms with Crippen LogP contribution in [0.5, 0.6) is 5.75 Å². The molecule has 1 aromatic rings. The zero-order valence-corrected chi connectivity index (χ0v) is 16.2. The molecule has 0 amide bonds. The summed E-state index contributed by atoms with van der Waals surface area (Å²) in [4.78, 5) is 23.2. The SMILES string of the molecule is CCN1CCN(CCOc2ccc(C)cc2Br)CC1.O=C(O)C(=O)O. The van der Waals surface area contributed by atoms with Gasteiger partial charge in [0.05, 0.1) is 4.47 Å². The summed E-state index contributed by atoms with van der Waals surface area (Å²) in [5.74, 6) is -2.71. The minimum Gasteiger partial charge on any atom is -0.491 e. The molecule has 1 aromatic carbocycles. The third kappa shape index (κ3) is 8.33. The van der Waals surface area contributed by atoms with Crippen molar-refractivity contribution in [2.45, 2.75) is 13.8 Å². The Kier molecular flexibility index (Phi) is 9.48. The van der Waals surface area contributed by atoms with Gasteiger partial charge in [-0.25, -0.2) is 9.59 Å². The molecule has 0 bridgehead atoms. The van der Waals surface area contributed by atoms with Crippen molar-refractivity contribution in [2.24, 2.45) is 0 Å². The van der Waals surface area contributed by atoms with Gasteiger partial charge in [0.15, 0.2) is 0 Å². The van der Waals surface area contributed by atoms with Crippen LogP contribution < -0.4 is 4.74 Å². The molecule has 1 fully saturated rings. The van der Waals surface area contributed by atoms with E-state index in [1.54, 1.807) is 0 Å². The number of ether oxygens (including phenoxy) is 1. The summed E-state index contributed by atoms with van der Waals surface area (Å²) in [6.45, 7) is 11.9. The molecule has 2 N–H and O–H groups in total. The first-order valence-electron chi connectivity index (χ1n) is 8.13. The summed E-state index contributed by atoms with van der Waals surface area (Å²) in [5, 5.41) is 14.8. The molecule has 0 unspecified atom stereocenters. The molecular formula is C17H25BrN2O5. The number of rotatable bonds is 5. The van der Waals surface area contributed by atoms with E-state index < -0.39 is 11.9 Å². The van der Waals surface area contributed by atoms with Crippen molar-refractivity contribution in [1.29, 1.82) is 0 Å². The number of nitrogens with zero attached hydrogens (tertiary/aromatic N) is 2. The zero-order valence-electron chi connectivity index (χ0n) is 14.6. The van der Waals surface area contributed by atoms with Gasteiger partial charge >= 0.3 is 11.9 Å². The number of likely N-dealkylation sites (N-methyl/N-ethyl adjacent to an activating group) is 1. The fourth-order valence-electron chi connectivity index (χ4n) is 2.34. The molecule has 1 saturated heterocycles. The van der Waals surface area contributed by atoms with Gasteiger partial charge in [0.1, 0.15) is 12.4 Å². The van der Waals surface area contributed by atoms with Crippen LogP contribution in [0, 0.1) is 6.92 Å². The van der Waals surface area contributed by atoms with Gasteiger partial charge in [-0.15, -0.1) is 0 Å². The van der Waals surface area contributed by atoms with Gasteiger partial charge in [-0.3, -0.25) is 4.90 Å². The maximum atomic E-state index is 9.10. The Morgan fingerprint density at radius 3 is 2.16 bits per heavy atom. The van der Waals surface area contributed by atoms with Crippen LogP contribution >= 0.6 is 15.9 Å². The summed E-state index contributed by atoms with van der Waals surface area (Å²) in [5.41, 5.74) is 1.25. The Balaban J connectivity index is 0.000000450. The molecule has 8 heteroatoms. The number of benzene rings is 1. The first-order valence-corrected chi connectivity index (χ1v) is 8.92. The molecule has 7 nitrogen and oxygen atoms in total. The molecule has 1 aliphatic heterocycles. The minimum absolute atomic E-state index is 0.758. The normalized spacial score (nSPS) is 15.2. The third-order valence-corrected chi connectivity index (χ3v) is 4.47. The van der Waals surface area contributed by atoms with Crippen molar-refractivity contribution < 1.29 is 24.5 Å². The van der Waals surface area contributed by atoms with Crippen LogP contribution in [-0.2, 0) is 9.59 Å². The van der Waals surface area contributed by atoms with Gasteiger partial charge in [0.25, 0.3) is 0 Å². The van der Waals surface area contributed by atoms with Gasteiger partial charge in [0, 0.05) is 32.7 Å². The molecule has 0 atom stereocenters. The number of aliphatic carboxylic acids is 2. The van der Waals surface area contributed by atoms with Gasteiger partial charge in [0.2, 0.25) is 0 Å². The van der Waals surface area contributed by atoms with Crippen molar-refractivity contribution in [1.82, 2.24) is 9.80 Å². The topological polar surface area (TPSA) is 90.3 Å². The average Bonchev–Trinajstić information content (AvgIpc) is 2.58. The summed E-state index contributed by atoms with van der Waals surface area (Å²) in [7, 11) is 0. The van der Waals surface area contributed by atoms with Gasteiger partial charge < -0.3 is 19.8 Å². The second kappa shape index (κ2) is 11.1. The number of piperazine rings is 1. The fraction of sp³-hybridized carbons (Fsp3) is 0.529. The lowest BCUT2D eigenvalue weighted by atomic mass is 10.2. The predicted molar refractivity (Wildman–Crippen MR) is 98.2 cm³/mol. The molecule has 2 rings (SSSR count). The Bertz CT molecular complexity index is 562. The number of carbonyl (C=O) groups is 2. The maximum absolute atomic E-state index is 9.10. The molecule has 0 aromatic heterocycles. The van der Waals surface area contributed by atoms with Crippen molar-refractivity contribution >= 4 is 27.9 Å². The first kappa shape index (κ1) is 21.4. The van der Waals surface area contributed by atoms with E-state index in [-0.39, 0.29) is 0 Å². The van der Waals surface area contributed by atoms with Gasteiger partial charge in [-0.1, -0.05) is 13.0 Å². The van der Waals surface area contributed by atoms with E-state index >= 15 is 0 Å². The van der Waals surface area contributed by atoms with Crippen LogP contribution in [0.2, 0.25) is 0 Å². The van der Waals surface area contributed by atoms with Crippen LogP contribution in [0.4, 0.5) is 0 Å². The van der Waals surface area contributed by atoms with E-state index in [0.29, 0.717) is 0 Å². The molecule has 1 aliphatic rings. The molecular weight excluding hydrogens is 392 g/mol. The van der Waals surface area contributed by atoms with Crippen molar-refractivity contribution in [3.63, 3.8) is 0 Å². The molecule has 0 radical (unpaired) electrons. The van der Waals surface area contributed by atoms with E-state index in [1.807, 2.05) is 6.07 Å². The summed E-state index contributed by atoms with van der Waals surface area (Å²) in [6.07, 6.45) is 0. The smallest absolute Gasteiger partial charge is 0.414 e. The summed E-state index contributed by atoms with van der Waals surface area (Å²) in [6, 6.07) is 6.21. The van der Waals surface area contributed by atoms with E-state index in [9.17, 15) is 0 Å². The Hall–Kier alpha value is -1.64. The summed E-state index contributed by atoms with van der Waals surface area (Å²) >= 11 is 3.55. The minimum atomic E-state index is -1.82. The van der Waals surface area contributed by atoms with E-state index in [4.69, 9.17) is 24.5 Å². The van der Waals surface area contributed by atoms with Crippen molar-refractivity contribution in [2.75, 3.05) is 45.9 Å². The number of carboxylic acid groups (broad SMARTS) is 2. The second-order valence-corrected chi connectivity index (χ2v) is 6.52. The standard InChI is InChI=1S/C15H23BrN2O.C2H2O4/c1-3-17-6-8-18(9-7-17)10-11-19-15-5-4-13(2)12-14(15)16;3-1(4)2(5)6/h4-5,12H,3,6-11H2,1-2H3;(H,3,4)(H,5,6). The monoisotopic (exact) mass is 416 g/mol. The first-order chi connectivity index (χ1) is 11.8. The van der Waals surface area contributed by atoms with Crippen LogP contribution in [0.3, 0.4) is 0 Å². The molecule has 0 saturated carbocycles. The van der Waals surface area contributed by atoms with Gasteiger partial charge in [-0.05, 0) is 47.1 Å². The number of halogens is 1. The Labute approximate surface area is 156 Å². The highest BCUT2D eigenvalue weighted by atomic mass is 79.9. The summed E-state index contributed by atoms with van der Waals surface area (Å²) < 4.78 is 6.89. The lowest BCUT2D eigenvalue weighted by molar-refractivity contribution is -0.159. The van der Waals surface area contributed by atoms with Crippen LogP contribution in [0.1, 0.15) is 12.5 Å². The van der Waals surface area contributed by atoms with Crippen LogP contribution in [-0.4, -0.2) is 77.8 Å². The average molecular weight is 417 g/mol. The largest absolute Gasteiger partial charge is 0.491 e. The second-order valence-electron chi connectivity index (χ2n) is 5.67. The zero-order chi connectivity index (χ0) is 18.8. The van der Waals surface area contributed by atoms with E-state index in [1.165, 1.54) is 25.2 Å². The number of hydrogen-bond acceptors (Lipinski definition) is 5. The highest BCUT2D eigenvalue weighted by Gasteiger charge is 2.15. The molecule has 25 heavy (non-hydrogen) atoms. The molecule has 0 aliphatic carbocycles. The predicted octanol–water partition coefficient (Wildman–Crippen LogP) is 1.93. The van der Waals surface area contributed by atoms with Gasteiger partial charge in [-0.2, -0.15) is 0 Å². The molecule has 1 heterocycles. The maximum Gasteiger partial charge on any atom is 0.414 e. The Morgan fingerprint density at radius 2 is 1.68 bits per heavy atom. The number of hydrogen-bond donors (Lipinski definition) is 2. The lowest BCUT2D eigenvalue weighted by Crippen LogP contribution is -2.47. The third-order valence-electron chi connectivity index (χ3n) is 3.85. The van der Waals surface area contributed by atoms with E-state index in [2.05, 4.69) is 51.7 Å². The quantitative estimate of drug-likeness (QED) is 0.708. The van der Waals surface area contributed by atoms with Crippen molar-refractivity contribution in [3.05, 3.63) is 28.2 Å².